The van der Waals surface area contributed by atoms with E-state index in [2.05, 4.69) is 9.98 Å². The van der Waals surface area contributed by atoms with Crippen LogP contribution in [0.1, 0.15) is 13.8 Å². The molecule has 0 aromatic rings. The normalized spacial score (nSPS) is 26.8. The molecule has 0 spiro atoms. The highest BCUT2D eigenvalue weighted by Gasteiger charge is 2.27. The van der Waals surface area contributed by atoms with Crippen molar-refractivity contribution in [3.63, 3.8) is 0 Å². The molecular formula is C11H14N4O2. The third-order valence-corrected chi connectivity index (χ3v) is 2.43. The fourth-order valence-electron chi connectivity index (χ4n) is 1.56. The number of aliphatic imine (C=N–C) groups is 2. The van der Waals surface area contributed by atoms with Crippen LogP contribution in [0.25, 0.3) is 0 Å². The van der Waals surface area contributed by atoms with Gasteiger partial charge in [-0.2, -0.15) is 4.99 Å². The maximum Gasteiger partial charge on any atom is 0.227 e. The van der Waals surface area contributed by atoms with Gasteiger partial charge < -0.3 is 10.5 Å². The number of nitrogens with two attached hydrogens (primary N) is 1. The number of carbonyl (C=O) groups is 1. The van der Waals surface area contributed by atoms with Crippen molar-refractivity contribution in [2.75, 3.05) is 7.11 Å². The van der Waals surface area contributed by atoms with Gasteiger partial charge in [0.05, 0.1) is 19.0 Å². The Morgan fingerprint density at radius 1 is 1.59 bits per heavy atom. The van der Waals surface area contributed by atoms with Crippen molar-refractivity contribution < 1.29 is 9.53 Å². The molecule has 1 unspecified atom stereocenters. The molecule has 0 aromatic carbocycles. The summed E-state index contributed by atoms with van der Waals surface area (Å²) in [6, 6.07) is 0. The van der Waals surface area contributed by atoms with Crippen LogP contribution in [0.3, 0.4) is 0 Å². The predicted molar refractivity (Wildman–Crippen MR) is 64.2 cm³/mol. The smallest absolute Gasteiger partial charge is 0.227 e. The maximum atomic E-state index is 11.4. The molecule has 2 rings (SSSR count). The van der Waals surface area contributed by atoms with Crippen molar-refractivity contribution in [1.82, 2.24) is 4.90 Å². The summed E-state index contributed by atoms with van der Waals surface area (Å²) in [6.07, 6.45) is 4.90. The largest absolute Gasteiger partial charge is 0.480 e. The third-order valence-electron chi connectivity index (χ3n) is 2.43. The molecule has 1 atom stereocenters. The summed E-state index contributed by atoms with van der Waals surface area (Å²) < 4.78 is 5.09. The van der Waals surface area contributed by atoms with E-state index < -0.39 is 5.66 Å². The summed E-state index contributed by atoms with van der Waals surface area (Å²) >= 11 is 0. The molecule has 2 aliphatic rings. The number of methoxy groups -OCH3 is 1. The maximum absolute atomic E-state index is 11.4. The van der Waals surface area contributed by atoms with Gasteiger partial charge in [0.1, 0.15) is 11.5 Å². The number of Topliss-reactive ketones (excluding diaryl/α,β-unsaturated/α-hetero) is 1. The average Bonchev–Trinajstić information content (AvgIpc) is 2.25. The van der Waals surface area contributed by atoms with Gasteiger partial charge in [0.15, 0.2) is 5.78 Å². The Morgan fingerprint density at radius 3 is 2.88 bits per heavy atom. The van der Waals surface area contributed by atoms with Gasteiger partial charge in [-0.25, -0.2) is 4.99 Å². The van der Waals surface area contributed by atoms with Gasteiger partial charge in [0.25, 0.3) is 0 Å². The predicted octanol–water partition coefficient (Wildman–Crippen LogP) is 0.378. The van der Waals surface area contributed by atoms with E-state index in [1.54, 1.807) is 30.4 Å². The van der Waals surface area contributed by atoms with Crippen LogP contribution in [-0.2, 0) is 9.53 Å². The minimum Gasteiger partial charge on any atom is -0.480 e. The molecule has 0 amide bonds. The van der Waals surface area contributed by atoms with Gasteiger partial charge in [-0.1, -0.05) is 0 Å². The second-order valence-corrected chi connectivity index (χ2v) is 4.10. The topological polar surface area (TPSA) is 80.3 Å². The molecule has 6 heteroatoms. The standard InChI is InChI=1S/C11H14N4O2/c1-7(16)8-5-15-6-13-11(2,12)4-9(15)14-10(8)17-3/h4-6H,12H2,1-3H3. The SMILES string of the molecule is COC1=NC2=CC(C)(N)N=CN2C=C1C(C)=O. The number of fused-ring (bicyclic) bond motifs is 1. The highest BCUT2D eigenvalue weighted by molar-refractivity contribution is 6.19. The molecule has 90 valence electrons. The summed E-state index contributed by atoms with van der Waals surface area (Å²) in [5.74, 6) is 0.789. The third kappa shape index (κ3) is 2.12. The first-order valence-corrected chi connectivity index (χ1v) is 5.14. The zero-order chi connectivity index (χ0) is 12.6. The van der Waals surface area contributed by atoms with Crippen molar-refractivity contribution in [1.29, 1.82) is 0 Å². The van der Waals surface area contributed by atoms with Crippen molar-refractivity contribution in [3.8, 4) is 0 Å². The first-order valence-electron chi connectivity index (χ1n) is 5.14. The molecule has 0 aromatic heterocycles. The number of ether oxygens (including phenoxy) is 1. The van der Waals surface area contributed by atoms with Crippen LogP contribution < -0.4 is 5.73 Å². The fourth-order valence-corrected chi connectivity index (χ4v) is 1.56. The van der Waals surface area contributed by atoms with E-state index in [1.807, 2.05) is 0 Å². The van der Waals surface area contributed by atoms with E-state index in [-0.39, 0.29) is 5.78 Å². The number of hydrogen-bond donors (Lipinski definition) is 1. The first-order chi connectivity index (χ1) is 7.93. The number of nitrogens with zero attached hydrogens (tertiary/aromatic N) is 3. The minimum atomic E-state index is -0.782. The average molecular weight is 234 g/mol. The van der Waals surface area contributed by atoms with Crippen molar-refractivity contribution in [3.05, 3.63) is 23.7 Å². The monoisotopic (exact) mass is 234 g/mol. The molecular weight excluding hydrogens is 220 g/mol. The van der Waals surface area contributed by atoms with Crippen molar-refractivity contribution in [2.45, 2.75) is 19.5 Å². The van der Waals surface area contributed by atoms with Gasteiger partial charge in [0, 0.05) is 12.3 Å². The van der Waals surface area contributed by atoms with E-state index in [9.17, 15) is 4.79 Å². The summed E-state index contributed by atoms with van der Waals surface area (Å²) in [5, 5.41) is 0. The van der Waals surface area contributed by atoms with Crippen molar-refractivity contribution >= 4 is 18.0 Å². The van der Waals surface area contributed by atoms with Crippen LogP contribution in [0, 0.1) is 0 Å². The van der Waals surface area contributed by atoms with Crippen LogP contribution in [0.15, 0.2) is 33.7 Å². The Morgan fingerprint density at radius 2 is 2.29 bits per heavy atom. The van der Waals surface area contributed by atoms with Crippen molar-refractivity contribution in [2.24, 2.45) is 15.7 Å². The Bertz CT molecular complexity index is 486. The van der Waals surface area contributed by atoms with Gasteiger partial charge in [0.2, 0.25) is 5.90 Å². The highest BCUT2D eigenvalue weighted by Crippen LogP contribution is 2.23. The summed E-state index contributed by atoms with van der Waals surface area (Å²) in [5.41, 5.74) is 5.50. The van der Waals surface area contributed by atoms with E-state index in [4.69, 9.17) is 10.5 Å². The molecule has 17 heavy (non-hydrogen) atoms. The lowest BCUT2D eigenvalue weighted by Gasteiger charge is -2.29. The van der Waals surface area contributed by atoms with Crippen LogP contribution >= 0.6 is 0 Å². The molecule has 0 saturated carbocycles. The lowest BCUT2D eigenvalue weighted by Crippen LogP contribution is -2.39. The van der Waals surface area contributed by atoms with Gasteiger partial charge in [-0.3, -0.25) is 9.69 Å². The second-order valence-electron chi connectivity index (χ2n) is 4.10. The van der Waals surface area contributed by atoms with Crippen LogP contribution in [0.5, 0.6) is 0 Å². The summed E-state index contributed by atoms with van der Waals surface area (Å²) in [4.78, 5) is 21.4. The number of carbonyl (C=O) groups excluding carboxylic acids is 1. The van der Waals surface area contributed by atoms with Gasteiger partial charge in [-0.15, -0.1) is 0 Å². The van der Waals surface area contributed by atoms with Crippen LogP contribution in [0.2, 0.25) is 0 Å². The van der Waals surface area contributed by atoms with E-state index in [0.717, 1.165) is 0 Å². The highest BCUT2D eigenvalue weighted by atomic mass is 16.5. The Labute approximate surface area is 99.2 Å². The van der Waals surface area contributed by atoms with Crippen LogP contribution in [0.4, 0.5) is 0 Å². The number of ketones is 1. The molecule has 2 N–H and O–H groups in total. The fraction of sp³-hybridized carbons (Fsp3) is 0.364. The second kappa shape index (κ2) is 3.81. The molecule has 6 nitrogen and oxygen atoms in total. The zero-order valence-corrected chi connectivity index (χ0v) is 9.97. The van der Waals surface area contributed by atoms with Gasteiger partial charge >= 0.3 is 0 Å². The summed E-state index contributed by atoms with van der Waals surface area (Å²) in [6.45, 7) is 3.23. The molecule has 2 heterocycles. The van der Waals surface area contributed by atoms with E-state index in [0.29, 0.717) is 17.3 Å². The Hall–Kier alpha value is -1.95. The first kappa shape index (κ1) is 11.5. The molecule has 2 aliphatic heterocycles. The lowest BCUT2D eigenvalue weighted by molar-refractivity contribution is -0.113. The molecule has 0 radical (unpaired) electrons. The molecule has 0 bridgehead atoms. The minimum absolute atomic E-state index is 0.112. The molecule has 0 aliphatic carbocycles. The lowest BCUT2D eigenvalue weighted by atomic mass is 10.1. The molecule has 0 saturated heterocycles. The van der Waals surface area contributed by atoms with Crippen LogP contribution in [-0.4, -0.2) is 35.7 Å². The molecule has 0 fully saturated rings. The number of hydrogen-bond acceptors (Lipinski definition) is 6. The summed E-state index contributed by atoms with van der Waals surface area (Å²) in [7, 11) is 1.48. The quantitative estimate of drug-likeness (QED) is 0.711. The van der Waals surface area contributed by atoms with Gasteiger partial charge in [-0.05, 0) is 13.8 Å². The van der Waals surface area contributed by atoms with E-state index >= 15 is 0 Å². The number of rotatable bonds is 1. The Kier molecular flexibility index (Phi) is 2.59. The zero-order valence-electron chi connectivity index (χ0n) is 9.97. The van der Waals surface area contributed by atoms with E-state index in [1.165, 1.54) is 14.0 Å². The Balaban J connectivity index is 2.44.